The SMILES string of the molecule is CC(=O)NC1CCN(c2cc(Cl)ccc2N)C1. The summed E-state index contributed by atoms with van der Waals surface area (Å²) >= 11 is 5.96. The summed E-state index contributed by atoms with van der Waals surface area (Å²) in [4.78, 5) is 13.1. The van der Waals surface area contributed by atoms with Gasteiger partial charge in [-0.15, -0.1) is 0 Å². The lowest BCUT2D eigenvalue weighted by molar-refractivity contribution is -0.119. The molecule has 1 aromatic carbocycles. The molecule has 2 rings (SSSR count). The molecule has 4 nitrogen and oxygen atoms in total. The minimum Gasteiger partial charge on any atom is -0.397 e. The number of anilines is 2. The third-order valence-electron chi connectivity index (χ3n) is 2.93. The van der Waals surface area contributed by atoms with Crippen molar-refractivity contribution in [2.45, 2.75) is 19.4 Å². The molecule has 0 bridgehead atoms. The minimum absolute atomic E-state index is 0.0101. The lowest BCUT2D eigenvalue weighted by atomic mass is 10.2. The molecule has 1 heterocycles. The molecule has 0 spiro atoms. The predicted octanol–water partition coefficient (Wildman–Crippen LogP) is 1.64. The highest BCUT2D eigenvalue weighted by atomic mass is 35.5. The monoisotopic (exact) mass is 253 g/mol. The van der Waals surface area contributed by atoms with Gasteiger partial charge < -0.3 is 16.0 Å². The van der Waals surface area contributed by atoms with Crippen LogP contribution in [0.2, 0.25) is 5.02 Å². The summed E-state index contributed by atoms with van der Waals surface area (Å²) in [6, 6.07) is 5.66. The Morgan fingerprint density at radius 2 is 2.35 bits per heavy atom. The van der Waals surface area contributed by atoms with E-state index in [4.69, 9.17) is 17.3 Å². The van der Waals surface area contributed by atoms with Gasteiger partial charge in [0.1, 0.15) is 0 Å². The lowest BCUT2D eigenvalue weighted by Gasteiger charge is -2.21. The number of carbonyl (C=O) groups is 1. The molecular formula is C12H16ClN3O. The Morgan fingerprint density at radius 1 is 1.59 bits per heavy atom. The fraction of sp³-hybridized carbons (Fsp3) is 0.417. The summed E-state index contributed by atoms with van der Waals surface area (Å²) in [5, 5.41) is 3.60. The van der Waals surface area contributed by atoms with Crippen molar-refractivity contribution in [3.05, 3.63) is 23.2 Å². The Hall–Kier alpha value is -1.42. The molecule has 1 unspecified atom stereocenters. The van der Waals surface area contributed by atoms with Crippen molar-refractivity contribution in [1.82, 2.24) is 5.32 Å². The zero-order valence-electron chi connectivity index (χ0n) is 9.74. The molecule has 1 fully saturated rings. The number of halogens is 1. The van der Waals surface area contributed by atoms with E-state index in [1.807, 2.05) is 12.1 Å². The number of nitrogens with two attached hydrogens (primary N) is 1. The highest BCUT2D eigenvalue weighted by molar-refractivity contribution is 6.31. The number of nitrogens with zero attached hydrogens (tertiary/aromatic N) is 1. The van der Waals surface area contributed by atoms with Gasteiger partial charge in [-0.1, -0.05) is 11.6 Å². The van der Waals surface area contributed by atoms with E-state index in [1.165, 1.54) is 6.92 Å². The number of nitrogens with one attached hydrogen (secondary N) is 1. The number of carbonyl (C=O) groups excluding carboxylic acids is 1. The van der Waals surface area contributed by atoms with Crippen LogP contribution in [0.4, 0.5) is 11.4 Å². The van der Waals surface area contributed by atoms with E-state index in [2.05, 4.69) is 10.2 Å². The van der Waals surface area contributed by atoms with Crippen LogP contribution in [0, 0.1) is 0 Å². The van der Waals surface area contributed by atoms with Gasteiger partial charge in [0.2, 0.25) is 5.91 Å². The van der Waals surface area contributed by atoms with E-state index in [9.17, 15) is 4.79 Å². The molecule has 17 heavy (non-hydrogen) atoms. The molecule has 1 amide bonds. The number of hydrogen-bond acceptors (Lipinski definition) is 3. The molecule has 1 aliphatic rings. The second kappa shape index (κ2) is 4.84. The standard InChI is InChI=1S/C12H16ClN3O/c1-8(17)15-10-4-5-16(7-10)12-6-9(13)2-3-11(12)14/h2-3,6,10H,4-5,7,14H2,1H3,(H,15,17). The van der Waals surface area contributed by atoms with Crippen molar-refractivity contribution in [2.75, 3.05) is 23.7 Å². The zero-order valence-corrected chi connectivity index (χ0v) is 10.5. The van der Waals surface area contributed by atoms with Crippen LogP contribution in [-0.4, -0.2) is 25.0 Å². The van der Waals surface area contributed by atoms with Gasteiger partial charge in [0.25, 0.3) is 0 Å². The van der Waals surface area contributed by atoms with E-state index in [0.717, 1.165) is 30.9 Å². The largest absolute Gasteiger partial charge is 0.397 e. The zero-order chi connectivity index (χ0) is 12.4. The maximum absolute atomic E-state index is 11.0. The quantitative estimate of drug-likeness (QED) is 0.788. The van der Waals surface area contributed by atoms with Gasteiger partial charge in [-0.25, -0.2) is 0 Å². The molecule has 0 saturated carbocycles. The van der Waals surface area contributed by atoms with Crippen LogP contribution in [0.5, 0.6) is 0 Å². The van der Waals surface area contributed by atoms with Crippen molar-refractivity contribution >= 4 is 28.9 Å². The van der Waals surface area contributed by atoms with Crippen molar-refractivity contribution in [2.24, 2.45) is 0 Å². The van der Waals surface area contributed by atoms with Crippen molar-refractivity contribution < 1.29 is 4.79 Å². The molecular weight excluding hydrogens is 238 g/mol. The summed E-state index contributed by atoms with van der Waals surface area (Å²) in [7, 11) is 0. The van der Waals surface area contributed by atoms with Gasteiger partial charge in [0, 0.05) is 31.1 Å². The van der Waals surface area contributed by atoms with Crippen LogP contribution in [0.15, 0.2) is 18.2 Å². The van der Waals surface area contributed by atoms with E-state index < -0.39 is 0 Å². The smallest absolute Gasteiger partial charge is 0.217 e. The average molecular weight is 254 g/mol. The number of benzene rings is 1. The first-order chi connectivity index (χ1) is 8.06. The predicted molar refractivity (Wildman–Crippen MR) is 70.3 cm³/mol. The lowest BCUT2D eigenvalue weighted by Crippen LogP contribution is -2.35. The van der Waals surface area contributed by atoms with Gasteiger partial charge in [0.05, 0.1) is 11.4 Å². The van der Waals surface area contributed by atoms with Gasteiger partial charge in [-0.05, 0) is 24.6 Å². The second-order valence-electron chi connectivity index (χ2n) is 4.34. The van der Waals surface area contributed by atoms with Crippen molar-refractivity contribution in [3.63, 3.8) is 0 Å². The van der Waals surface area contributed by atoms with Crippen molar-refractivity contribution in [3.8, 4) is 0 Å². The summed E-state index contributed by atoms with van der Waals surface area (Å²) in [5.41, 5.74) is 7.60. The molecule has 1 aromatic rings. The molecule has 1 aliphatic heterocycles. The van der Waals surface area contributed by atoms with Crippen LogP contribution < -0.4 is 16.0 Å². The first kappa shape index (κ1) is 12.0. The van der Waals surface area contributed by atoms with Gasteiger partial charge in [-0.2, -0.15) is 0 Å². The van der Waals surface area contributed by atoms with E-state index >= 15 is 0 Å². The van der Waals surface area contributed by atoms with E-state index in [-0.39, 0.29) is 11.9 Å². The van der Waals surface area contributed by atoms with Gasteiger partial charge in [-0.3, -0.25) is 4.79 Å². The number of amides is 1. The average Bonchev–Trinajstić information content (AvgIpc) is 2.69. The first-order valence-corrected chi connectivity index (χ1v) is 6.01. The highest BCUT2D eigenvalue weighted by Gasteiger charge is 2.24. The van der Waals surface area contributed by atoms with Crippen LogP contribution in [0.1, 0.15) is 13.3 Å². The molecule has 5 heteroatoms. The Bertz CT molecular complexity index is 436. The van der Waals surface area contributed by atoms with E-state index in [0.29, 0.717) is 5.02 Å². The number of hydrogen-bond donors (Lipinski definition) is 2. The minimum atomic E-state index is 0.0101. The molecule has 3 N–H and O–H groups in total. The van der Waals surface area contributed by atoms with Gasteiger partial charge >= 0.3 is 0 Å². The summed E-state index contributed by atoms with van der Waals surface area (Å²) < 4.78 is 0. The summed E-state index contributed by atoms with van der Waals surface area (Å²) in [6.07, 6.45) is 0.936. The third kappa shape index (κ3) is 2.82. The first-order valence-electron chi connectivity index (χ1n) is 5.63. The van der Waals surface area contributed by atoms with Crippen LogP contribution in [0.3, 0.4) is 0 Å². The summed E-state index contributed by atoms with van der Waals surface area (Å²) in [5.74, 6) is 0.0101. The van der Waals surface area contributed by atoms with Crippen LogP contribution in [-0.2, 0) is 4.79 Å². The molecule has 92 valence electrons. The highest BCUT2D eigenvalue weighted by Crippen LogP contribution is 2.29. The fourth-order valence-corrected chi connectivity index (χ4v) is 2.34. The van der Waals surface area contributed by atoms with Crippen molar-refractivity contribution in [1.29, 1.82) is 0 Å². The second-order valence-corrected chi connectivity index (χ2v) is 4.77. The normalized spacial score (nSPS) is 19.4. The third-order valence-corrected chi connectivity index (χ3v) is 3.16. The van der Waals surface area contributed by atoms with Crippen LogP contribution >= 0.6 is 11.6 Å². The van der Waals surface area contributed by atoms with Crippen LogP contribution in [0.25, 0.3) is 0 Å². The molecule has 1 saturated heterocycles. The fourth-order valence-electron chi connectivity index (χ4n) is 2.18. The molecule has 0 radical (unpaired) electrons. The van der Waals surface area contributed by atoms with Gasteiger partial charge in [0.15, 0.2) is 0 Å². The number of nitrogen functional groups attached to an aromatic ring is 1. The Labute approximate surface area is 106 Å². The Kier molecular flexibility index (Phi) is 3.43. The summed E-state index contributed by atoms with van der Waals surface area (Å²) in [6.45, 7) is 3.20. The number of rotatable bonds is 2. The molecule has 1 atom stereocenters. The maximum atomic E-state index is 11.0. The molecule has 0 aromatic heterocycles. The molecule has 0 aliphatic carbocycles. The topological polar surface area (TPSA) is 58.4 Å². The maximum Gasteiger partial charge on any atom is 0.217 e. The Morgan fingerprint density at radius 3 is 3.06 bits per heavy atom. The Balaban J connectivity index is 2.09. The van der Waals surface area contributed by atoms with E-state index in [1.54, 1.807) is 6.07 Å².